The number of hydrogen-bond acceptors (Lipinski definition) is 6. The molecule has 0 fully saturated rings. The second kappa shape index (κ2) is 5.71. The predicted octanol–water partition coefficient (Wildman–Crippen LogP) is 2.72. The van der Waals surface area contributed by atoms with Crippen molar-refractivity contribution in [1.29, 1.82) is 0 Å². The number of para-hydroxylation sites is 1. The molecule has 0 bridgehead atoms. The Kier molecular flexibility index (Phi) is 3.61. The van der Waals surface area contributed by atoms with Gasteiger partial charge in [0, 0.05) is 18.0 Å². The number of nitro groups is 1. The first-order valence-electron chi connectivity index (χ1n) is 5.98. The van der Waals surface area contributed by atoms with Gasteiger partial charge in [-0.15, -0.1) is 10.2 Å². The van der Waals surface area contributed by atoms with Crippen LogP contribution >= 0.6 is 11.8 Å². The van der Waals surface area contributed by atoms with Gasteiger partial charge in [-0.2, -0.15) is 0 Å². The second-order valence-electron chi connectivity index (χ2n) is 4.01. The normalized spacial score (nSPS) is 10.5. The van der Waals surface area contributed by atoms with Crippen molar-refractivity contribution in [3.8, 4) is 5.69 Å². The molecule has 0 spiro atoms. The molecule has 0 N–H and O–H groups in total. The van der Waals surface area contributed by atoms with Crippen molar-refractivity contribution >= 4 is 17.4 Å². The second-order valence-corrected chi connectivity index (χ2v) is 4.96. The van der Waals surface area contributed by atoms with E-state index in [0.29, 0.717) is 5.16 Å². The highest BCUT2D eigenvalue weighted by molar-refractivity contribution is 7.99. The maximum absolute atomic E-state index is 11.0. The Morgan fingerprint density at radius 1 is 1.14 bits per heavy atom. The number of nitrogens with zero attached hydrogens (tertiary/aromatic N) is 5. The van der Waals surface area contributed by atoms with Crippen LogP contribution in [0, 0.1) is 10.1 Å². The van der Waals surface area contributed by atoms with Crippen molar-refractivity contribution in [2.45, 2.75) is 10.2 Å². The lowest BCUT2D eigenvalue weighted by Gasteiger charge is -2.05. The van der Waals surface area contributed by atoms with E-state index in [2.05, 4.69) is 15.2 Å². The average Bonchev–Trinajstić information content (AvgIpc) is 2.96. The molecular formula is C13H9N5O2S. The van der Waals surface area contributed by atoms with Crippen molar-refractivity contribution in [2.24, 2.45) is 0 Å². The summed E-state index contributed by atoms with van der Waals surface area (Å²) in [4.78, 5) is 14.6. The van der Waals surface area contributed by atoms with Crippen molar-refractivity contribution in [3.05, 3.63) is 65.1 Å². The van der Waals surface area contributed by atoms with Crippen LogP contribution in [0.4, 0.5) is 5.69 Å². The van der Waals surface area contributed by atoms with Gasteiger partial charge in [0.2, 0.25) is 5.16 Å². The molecule has 0 aliphatic rings. The summed E-state index contributed by atoms with van der Waals surface area (Å²) in [5.74, 6) is 0. The number of aromatic nitrogens is 4. The molecule has 7 nitrogen and oxygen atoms in total. The van der Waals surface area contributed by atoms with Crippen LogP contribution in [-0.2, 0) is 0 Å². The van der Waals surface area contributed by atoms with Gasteiger partial charge in [-0.25, -0.2) is 4.98 Å². The minimum Gasteiger partial charge on any atom is -0.276 e. The molecule has 3 rings (SSSR count). The molecule has 0 atom stereocenters. The zero-order valence-corrected chi connectivity index (χ0v) is 11.5. The fourth-order valence-corrected chi connectivity index (χ4v) is 2.62. The van der Waals surface area contributed by atoms with Crippen LogP contribution in [0.1, 0.15) is 0 Å². The molecule has 0 saturated heterocycles. The van der Waals surface area contributed by atoms with Gasteiger partial charge in [0.1, 0.15) is 6.33 Å². The fraction of sp³-hybridized carbons (Fsp3) is 0. The van der Waals surface area contributed by atoms with Gasteiger partial charge in [-0.1, -0.05) is 18.2 Å². The van der Waals surface area contributed by atoms with Crippen LogP contribution in [0.15, 0.2) is 65.2 Å². The van der Waals surface area contributed by atoms with E-state index in [1.165, 1.54) is 18.3 Å². The molecule has 0 aliphatic heterocycles. The molecule has 2 heterocycles. The lowest BCUT2D eigenvalue weighted by atomic mass is 10.3. The maximum atomic E-state index is 11.0. The predicted molar refractivity (Wildman–Crippen MR) is 76.4 cm³/mol. The molecule has 8 heteroatoms. The Labute approximate surface area is 123 Å². The summed E-state index contributed by atoms with van der Waals surface area (Å²) in [6.45, 7) is 0. The summed E-state index contributed by atoms with van der Waals surface area (Å²) >= 11 is 1.11. The summed E-state index contributed by atoms with van der Waals surface area (Å²) in [5, 5.41) is 19.7. The molecule has 3 aromatic rings. The number of hydrogen-bond donors (Lipinski definition) is 0. The first-order valence-corrected chi connectivity index (χ1v) is 6.80. The Balaban J connectivity index is 1.98. The first-order chi connectivity index (χ1) is 10.3. The van der Waals surface area contributed by atoms with E-state index in [1.807, 2.05) is 30.3 Å². The van der Waals surface area contributed by atoms with Gasteiger partial charge >= 0.3 is 5.69 Å². The summed E-state index contributed by atoms with van der Waals surface area (Å²) in [5.41, 5.74) is 0.827. The highest BCUT2D eigenvalue weighted by Crippen LogP contribution is 2.32. The lowest BCUT2D eigenvalue weighted by Crippen LogP contribution is -1.97. The summed E-state index contributed by atoms with van der Waals surface area (Å²) in [7, 11) is 0. The van der Waals surface area contributed by atoms with Crippen LogP contribution in [0.25, 0.3) is 5.69 Å². The smallest absolute Gasteiger partial charge is 0.276 e. The average molecular weight is 299 g/mol. The van der Waals surface area contributed by atoms with Crippen molar-refractivity contribution in [1.82, 2.24) is 19.7 Å². The molecule has 104 valence electrons. The van der Waals surface area contributed by atoms with Crippen molar-refractivity contribution in [3.63, 3.8) is 0 Å². The molecule has 0 amide bonds. The topological polar surface area (TPSA) is 86.7 Å². The van der Waals surface area contributed by atoms with Gasteiger partial charge in [0.15, 0.2) is 5.03 Å². The van der Waals surface area contributed by atoms with Gasteiger partial charge in [-0.3, -0.25) is 14.7 Å². The maximum Gasteiger partial charge on any atom is 0.301 e. The molecule has 2 aromatic heterocycles. The van der Waals surface area contributed by atoms with E-state index in [9.17, 15) is 10.1 Å². The van der Waals surface area contributed by atoms with E-state index < -0.39 is 4.92 Å². The Morgan fingerprint density at radius 3 is 2.71 bits per heavy atom. The van der Waals surface area contributed by atoms with Crippen LogP contribution < -0.4 is 0 Å². The summed E-state index contributed by atoms with van der Waals surface area (Å²) in [6.07, 6.45) is 3.07. The zero-order chi connectivity index (χ0) is 14.7. The SMILES string of the molecule is O=[N+]([O-])c1cccnc1Sc1nncn1-c1ccccc1. The third-order valence-corrected chi connectivity index (χ3v) is 3.66. The monoisotopic (exact) mass is 299 g/mol. The van der Waals surface area contributed by atoms with Crippen LogP contribution in [0.5, 0.6) is 0 Å². The van der Waals surface area contributed by atoms with E-state index >= 15 is 0 Å². The Morgan fingerprint density at radius 2 is 1.95 bits per heavy atom. The number of benzene rings is 1. The molecular weight excluding hydrogens is 290 g/mol. The minimum absolute atomic E-state index is 0.0508. The van der Waals surface area contributed by atoms with E-state index in [1.54, 1.807) is 10.9 Å². The van der Waals surface area contributed by atoms with Crippen LogP contribution in [0.2, 0.25) is 0 Å². The highest BCUT2D eigenvalue weighted by Gasteiger charge is 2.18. The number of pyridine rings is 1. The molecule has 0 radical (unpaired) electrons. The fourth-order valence-electron chi connectivity index (χ4n) is 1.75. The van der Waals surface area contributed by atoms with Gasteiger partial charge in [-0.05, 0) is 30.0 Å². The third-order valence-electron chi connectivity index (χ3n) is 2.69. The van der Waals surface area contributed by atoms with Crippen LogP contribution in [-0.4, -0.2) is 24.7 Å². The van der Waals surface area contributed by atoms with Gasteiger partial charge in [0.25, 0.3) is 0 Å². The largest absolute Gasteiger partial charge is 0.301 e. The Bertz CT molecular complexity index is 775. The summed E-state index contributed by atoms with van der Waals surface area (Å²) in [6, 6.07) is 12.5. The molecule has 1 aromatic carbocycles. The van der Waals surface area contributed by atoms with E-state index in [-0.39, 0.29) is 10.7 Å². The van der Waals surface area contributed by atoms with Crippen LogP contribution in [0.3, 0.4) is 0 Å². The first kappa shape index (κ1) is 13.3. The quantitative estimate of drug-likeness (QED) is 0.544. The van der Waals surface area contributed by atoms with E-state index in [0.717, 1.165) is 17.4 Å². The summed E-state index contributed by atoms with van der Waals surface area (Å²) < 4.78 is 1.75. The molecule has 0 saturated carbocycles. The molecule has 0 aliphatic carbocycles. The van der Waals surface area contributed by atoms with Gasteiger partial charge < -0.3 is 0 Å². The lowest BCUT2D eigenvalue weighted by molar-refractivity contribution is -0.388. The molecule has 0 unspecified atom stereocenters. The van der Waals surface area contributed by atoms with Crippen molar-refractivity contribution < 1.29 is 4.92 Å². The molecule has 21 heavy (non-hydrogen) atoms. The zero-order valence-electron chi connectivity index (χ0n) is 10.7. The Hall–Kier alpha value is -2.74. The van der Waals surface area contributed by atoms with Gasteiger partial charge in [0.05, 0.1) is 4.92 Å². The third kappa shape index (κ3) is 2.75. The van der Waals surface area contributed by atoms with Crippen molar-refractivity contribution in [2.75, 3.05) is 0 Å². The van der Waals surface area contributed by atoms with E-state index in [4.69, 9.17) is 0 Å². The standard InChI is InChI=1S/C13H9N5O2S/c19-18(20)11-7-4-8-14-12(11)21-13-16-15-9-17(13)10-5-2-1-3-6-10/h1-9H. The minimum atomic E-state index is -0.460. The highest BCUT2D eigenvalue weighted by atomic mass is 32.2. The number of rotatable bonds is 4.